The largest absolute Gasteiger partial charge is 0.441 e. The SMILES string of the molecule is CC(C)(C)c1ccc(N2c3cc4c(cc3B3c5c(cc(C(C)(C)C)cc52)-c2cccc5c6c7ccccc7oc6n3c25)Sc2ccccc2S4)c(-c2ccccc2)c1. The molecule has 0 N–H and O–H groups in total. The van der Waals surface area contributed by atoms with Crippen LogP contribution in [0.4, 0.5) is 17.1 Å². The predicted molar refractivity (Wildman–Crippen MR) is 247 cm³/mol. The van der Waals surface area contributed by atoms with Crippen LogP contribution in [0.5, 0.6) is 0 Å². The van der Waals surface area contributed by atoms with Crippen LogP contribution in [0.15, 0.2) is 164 Å². The second-order valence-corrected chi connectivity index (χ2v) is 20.3. The smallest absolute Gasteiger partial charge is 0.336 e. The van der Waals surface area contributed by atoms with Crippen LogP contribution in [0.25, 0.3) is 55.2 Å². The molecule has 0 fully saturated rings. The molecular formula is C52H41BN2OS2. The van der Waals surface area contributed by atoms with E-state index in [0.717, 1.165) is 16.7 Å². The third kappa shape index (κ3) is 4.85. The van der Waals surface area contributed by atoms with Crippen molar-refractivity contribution in [2.45, 2.75) is 72.0 Å². The molecule has 5 heterocycles. The van der Waals surface area contributed by atoms with E-state index in [-0.39, 0.29) is 17.7 Å². The molecule has 280 valence electrons. The first-order chi connectivity index (χ1) is 28.0. The molecule has 0 saturated heterocycles. The van der Waals surface area contributed by atoms with Gasteiger partial charge in [0.05, 0.1) is 11.1 Å². The lowest BCUT2D eigenvalue weighted by molar-refractivity contribution is 0.590. The Hall–Kier alpha value is -5.56. The fourth-order valence-electron chi connectivity index (χ4n) is 9.65. The zero-order chi connectivity index (χ0) is 39.2. The fraction of sp³-hybridized carbons (Fsp3) is 0.154. The maximum absolute atomic E-state index is 6.99. The van der Waals surface area contributed by atoms with E-state index in [1.165, 1.54) is 97.2 Å². The molecule has 7 aromatic carbocycles. The molecule has 6 heteroatoms. The van der Waals surface area contributed by atoms with Crippen molar-refractivity contribution in [1.82, 2.24) is 4.48 Å². The highest BCUT2D eigenvalue weighted by molar-refractivity contribution is 8.05. The molecule has 0 spiro atoms. The summed E-state index contributed by atoms with van der Waals surface area (Å²) in [7, 11) is 0. The highest BCUT2D eigenvalue weighted by Gasteiger charge is 2.45. The zero-order valence-electron chi connectivity index (χ0n) is 33.5. The van der Waals surface area contributed by atoms with Crippen molar-refractivity contribution < 1.29 is 4.42 Å². The van der Waals surface area contributed by atoms with E-state index in [1.807, 2.05) is 23.5 Å². The molecule has 0 unspecified atom stereocenters. The first-order valence-corrected chi connectivity index (χ1v) is 21.9. The lowest BCUT2D eigenvalue weighted by atomic mass is 9.45. The highest BCUT2D eigenvalue weighted by atomic mass is 32.2. The lowest BCUT2D eigenvalue weighted by Crippen LogP contribution is -2.57. The van der Waals surface area contributed by atoms with Crippen molar-refractivity contribution >= 4 is 91.3 Å². The summed E-state index contributed by atoms with van der Waals surface area (Å²) in [6, 6.07) is 52.4. The van der Waals surface area contributed by atoms with E-state index in [4.69, 9.17) is 4.42 Å². The number of furan rings is 1. The Morgan fingerprint density at radius 1 is 0.517 bits per heavy atom. The maximum Gasteiger partial charge on any atom is 0.336 e. The summed E-state index contributed by atoms with van der Waals surface area (Å²) in [5, 5.41) is 3.61. The summed E-state index contributed by atoms with van der Waals surface area (Å²) in [4.78, 5) is 7.82. The molecule has 3 aliphatic rings. The second-order valence-electron chi connectivity index (χ2n) is 18.2. The second kappa shape index (κ2) is 12.0. The molecule has 0 bridgehead atoms. The monoisotopic (exact) mass is 784 g/mol. The molecule has 3 nitrogen and oxygen atoms in total. The van der Waals surface area contributed by atoms with Crippen LogP contribution in [0.3, 0.4) is 0 Å². The Morgan fingerprint density at radius 3 is 1.95 bits per heavy atom. The van der Waals surface area contributed by atoms with Gasteiger partial charge >= 0.3 is 6.85 Å². The number of anilines is 3. The Balaban J connectivity index is 1.24. The third-order valence-corrected chi connectivity index (χ3v) is 15.1. The van der Waals surface area contributed by atoms with Crippen molar-refractivity contribution in [2.75, 3.05) is 4.90 Å². The normalized spacial score (nSPS) is 14.2. The van der Waals surface area contributed by atoms with E-state index in [9.17, 15) is 0 Å². The number of rotatable bonds is 2. The van der Waals surface area contributed by atoms with Crippen LogP contribution in [0.1, 0.15) is 52.7 Å². The summed E-state index contributed by atoms with van der Waals surface area (Å²) in [5.41, 5.74) is 16.9. The van der Waals surface area contributed by atoms with Crippen LogP contribution in [-0.2, 0) is 10.8 Å². The zero-order valence-corrected chi connectivity index (χ0v) is 35.1. The van der Waals surface area contributed by atoms with Crippen LogP contribution < -0.4 is 15.8 Å². The van der Waals surface area contributed by atoms with Crippen molar-refractivity contribution in [2.24, 2.45) is 0 Å². The van der Waals surface area contributed by atoms with Crippen LogP contribution in [0.2, 0.25) is 0 Å². The van der Waals surface area contributed by atoms with Gasteiger partial charge in [0, 0.05) is 58.4 Å². The number of fused-ring (bicyclic) bond motifs is 11. The summed E-state index contributed by atoms with van der Waals surface area (Å²) < 4.78 is 9.54. The highest BCUT2D eigenvalue weighted by Crippen LogP contribution is 2.54. The first kappa shape index (κ1) is 34.5. The van der Waals surface area contributed by atoms with Gasteiger partial charge in [0.2, 0.25) is 0 Å². The van der Waals surface area contributed by atoms with Gasteiger partial charge in [-0.2, -0.15) is 0 Å². The molecule has 0 atom stereocenters. The average Bonchev–Trinajstić information content (AvgIpc) is 3.76. The molecule has 9 aromatic rings. The van der Waals surface area contributed by atoms with Crippen LogP contribution >= 0.6 is 23.5 Å². The van der Waals surface area contributed by atoms with Gasteiger partial charge in [-0.3, -0.25) is 0 Å². The number of aromatic nitrogens is 1. The van der Waals surface area contributed by atoms with Crippen molar-refractivity contribution in [3.05, 3.63) is 151 Å². The lowest BCUT2D eigenvalue weighted by Gasteiger charge is -2.42. The Bertz CT molecular complexity index is 3220. The quantitative estimate of drug-likeness (QED) is 0.163. The Labute approximate surface area is 348 Å². The molecule has 58 heavy (non-hydrogen) atoms. The number of para-hydroxylation sites is 2. The van der Waals surface area contributed by atoms with Gasteiger partial charge in [-0.05, 0) is 92.5 Å². The Kier molecular flexibility index (Phi) is 7.13. The summed E-state index contributed by atoms with van der Waals surface area (Å²) in [6.45, 7) is 13.9. The minimum absolute atomic E-state index is 0.0138. The van der Waals surface area contributed by atoms with Gasteiger partial charge in [-0.1, -0.05) is 156 Å². The Morgan fingerprint density at radius 2 is 1.19 bits per heavy atom. The predicted octanol–water partition coefficient (Wildman–Crippen LogP) is 13.8. The minimum atomic E-state index is -0.108. The molecular weight excluding hydrogens is 744 g/mol. The van der Waals surface area contributed by atoms with Crippen molar-refractivity contribution in [3.8, 4) is 22.3 Å². The summed E-state index contributed by atoms with van der Waals surface area (Å²) in [5.74, 6) is 0. The van der Waals surface area contributed by atoms with E-state index in [1.54, 1.807) is 0 Å². The van der Waals surface area contributed by atoms with Crippen LogP contribution in [-0.4, -0.2) is 11.3 Å². The van der Waals surface area contributed by atoms with Gasteiger partial charge in [0.1, 0.15) is 5.58 Å². The minimum Gasteiger partial charge on any atom is -0.441 e. The average molecular weight is 785 g/mol. The van der Waals surface area contributed by atoms with E-state index in [2.05, 4.69) is 190 Å². The number of hydrogen-bond acceptors (Lipinski definition) is 4. The van der Waals surface area contributed by atoms with E-state index >= 15 is 0 Å². The summed E-state index contributed by atoms with van der Waals surface area (Å²) in [6.07, 6.45) is 0. The standard InChI is InChI=1S/C52H41BN2OS2/c1-51(2,3)31-23-24-39(36(25-31)30-15-8-7-9-16-30)54-40-29-46-45(57-43-21-12-13-22-44(43)58-46)28-38(40)53-48-37(26-32(27-41(48)54)52(4,5)6)33-18-14-19-35-47-34-17-10-11-20-42(34)56-50(47)55(53)49(33)35/h7-29H,1-6H3. The molecule has 2 aromatic heterocycles. The number of nitrogens with zero attached hydrogens (tertiary/aromatic N) is 2. The van der Waals surface area contributed by atoms with Crippen LogP contribution in [0, 0.1) is 0 Å². The van der Waals surface area contributed by atoms with Gasteiger partial charge in [-0.25, -0.2) is 0 Å². The first-order valence-electron chi connectivity index (χ1n) is 20.3. The van der Waals surface area contributed by atoms with Crippen molar-refractivity contribution in [3.63, 3.8) is 0 Å². The third-order valence-electron chi connectivity index (χ3n) is 12.5. The fourth-order valence-corrected chi connectivity index (χ4v) is 11.9. The molecule has 12 rings (SSSR count). The molecule has 3 aliphatic heterocycles. The summed E-state index contributed by atoms with van der Waals surface area (Å²) >= 11 is 3.79. The maximum atomic E-state index is 6.99. The molecule has 0 aliphatic carbocycles. The van der Waals surface area contributed by atoms with Gasteiger partial charge in [-0.15, -0.1) is 0 Å². The van der Waals surface area contributed by atoms with E-state index in [0.29, 0.717) is 0 Å². The number of hydrogen-bond donors (Lipinski definition) is 0. The van der Waals surface area contributed by atoms with Gasteiger partial charge in [0.15, 0.2) is 5.71 Å². The number of benzene rings is 7. The molecule has 0 saturated carbocycles. The van der Waals surface area contributed by atoms with Gasteiger partial charge < -0.3 is 13.8 Å². The molecule has 0 radical (unpaired) electrons. The molecule has 0 amide bonds. The topological polar surface area (TPSA) is 21.3 Å². The van der Waals surface area contributed by atoms with E-state index < -0.39 is 0 Å². The van der Waals surface area contributed by atoms with Crippen molar-refractivity contribution in [1.29, 1.82) is 0 Å². The van der Waals surface area contributed by atoms with Gasteiger partial charge in [0.25, 0.3) is 0 Å².